The molecule has 2 heterocycles. The second-order valence-electron chi connectivity index (χ2n) is 7.23. The number of nitrogens with zero attached hydrogens (tertiary/aromatic N) is 2. The minimum Gasteiger partial charge on any atom is -0.491 e. The maximum Gasteiger partial charge on any atom is 0.122 e. The van der Waals surface area contributed by atoms with Crippen LogP contribution in [0.3, 0.4) is 0 Å². The Hall–Kier alpha value is -1.85. The number of β-amino-alcohol motifs (C(OH)–C–C–N with tert-alkyl or cyclic N) is 1. The van der Waals surface area contributed by atoms with Crippen molar-refractivity contribution < 1.29 is 9.84 Å². The lowest BCUT2D eigenvalue weighted by Crippen LogP contribution is -2.41. The number of ether oxygens (including phenoxy) is 1. The molecule has 0 aliphatic carbocycles. The standard InChI is InChI=1S/C20H29N3O2/c1-15(2)18-7-3-4-8-19(18)25-14-17(24)13-23-11-5-6-16(12-23)20-21-9-10-22-20/h3-4,7-10,15-17,24H,5-6,11-14H2,1-2H3,(H,21,22). The van der Waals surface area contributed by atoms with Crippen LogP contribution < -0.4 is 4.74 Å². The predicted octanol–water partition coefficient (Wildman–Crippen LogP) is 3.15. The van der Waals surface area contributed by atoms with Crippen LogP contribution in [-0.2, 0) is 0 Å². The monoisotopic (exact) mass is 343 g/mol. The van der Waals surface area contributed by atoms with Gasteiger partial charge in [-0.25, -0.2) is 4.98 Å². The van der Waals surface area contributed by atoms with Crippen molar-refractivity contribution >= 4 is 0 Å². The van der Waals surface area contributed by atoms with Crippen LogP contribution in [-0.4, -0.2) is 52.3 Å². The van der Waals surface area contributed by atoms with E-state index < -0.39 is 6.10 Å². The Labute approximate surface area is 150 Å². The van der Waals surface area contributed by atoms with Crippen molar-refractivity contribution in [2.45, 2.75) is 44.6 Å². The molecular formula is C20H29N3O2. The Bertz CT molecular complexity index is 642. The van der Waals surface area contributed by atoms with Crippen LogP contribution in [0.4, 0.5) is 0 Å². The number of hydrogen-bond donors (Lipinski definition) is 2. The number of aliphatic hydroxyl groups excluding tert-OH is 1. The van der Waals surface area contributed by atoms with Gasteiger partial charge < -0.3 is 14.8 Å². The Morgan fingerprint density at radius 3 is 2.96 bits per heavy atom. The van der Waals surface area contributed by atoms with E-state index in [0.29, 0.717) is 25.0 Å². The molecule has 0 bridgehead atoms. The van der Waals surface area contributed by atoms with Crippen LogP contribution in [0, 0.1) is 0 Å². The van der Waals surface area contributed by atoms with Gasteiger partial charge in [0.1, 0.15) is 24.3 Å². The third-order valence-corrected chi connectivity index (χ3v) is 4.85. The molecule has 2 N–H and O–H groups in total. The van der Waals surface area contributed by atoms with E-state index >= 15 is 0 Å². The lowest BCUT2D eigenvalue weighted by Gasteiger charge is -2.33. The van der Waals surface area contributed by atoms with Gasteiger partial charge in [0.2, 0.25) is 0 Å². The fourth-order valence-corrected chi connectivity index (χ4v) is 3.57. The van der Waals surface area contributed by atoms with E-state index in [-0.39, 0.29) is 0 Å². The number of H-pyrrole nitrogens is 1. The minimum absolute atomic E-state index is 0.325. The first kappa shape index (κ1) is 18.0. The highest BCUT2D eigenvalue weighted by molar-refractivity contribution is 5.35. The Morgan fingerprint density at radius 1 is 1.36 bits per heavy atom. The molecular weight excluding hydrogens is 314 g/mol. The highest BCUT2D eigenvalue weighted by Gasteiger charge is 2.24. The highest BCUT2D eigenvalue weighted by Crippen LogP contribution is 2.26. The fourth-order valence-electron chi connectivity index (χ4n) is 3.57. The molecule has 0 spiro atoms. The maximum atomic E-state index is 10.4. The van der Waals surface area contributed by atoms with Gasteiger partial charge in [-0.15, -0.1) is 0 Å². The van der Waals surface area contributed by atoms with E-state index in [1.807, 2.05) is 30.6 Å². The summed E-state index contributed by atoms with van der Waals surface area (Å²) in [4.78, 5) is 9.92. The van der Waals surface area contributed by atoms with Gasteiger partial charge in [-0.3, -0.25) is 4.90 Å². The van der Waals surface area contributed by atoms with Crippen LogP contribution in [0.2, 0.25) is 0 Å². The maximum absolute atomic E-state index is 10.4. The van der Waals surface area contributed by atoms with Gasteiger partial charge in [0, 0.05) is 31.4 Å². The molecule has 1 aromatic heterocycles. The summed E-state index contributed by atoms with van der Waals surface area (Å²) >= 11 is 0. The average molecular weight is 343 g/mol. The molecule has 2 unspecified atom stereocenters. The summed E-state index contributed by atoms with van der Waals surface area (Å²) in [7, 11) is 0. The highest BCUT2D eigenvalue weighted by atomic mass is 16.5. The normalized spacial score (nSPS) is 19.9. The second kappa shape index (κ2) is 8.50. The topological polar surface area (TPSA) is 61.4 Å². The van der Waals surface area contributed by atoms with E-state index in [2.05, 4.69) is 34.8 Å². The molecule has 1 aliphatic rings. The number of piperidine rings is 1. The second-order valence-corrected chi connectivity index (χ2v) is 7.23. The Morgan fingerprint density at radius 2 is 2.20 bits per heavy atom. The molecule has 3 rings (SSSR count). The molecule has 1 aromatic carbocycles. The summed E-state index contributed by atoms with van der Waals surface area (Å²) in [6, 6.07) is 8.08. The number of nitrogens with one attached hydrogen (secondary N) is 1. The number of imidazole rings is 1. The zero-order valence-corrected chi connectivity index (χ0v) is 15.2. The third kappa shape index (κ3) is 4.83. The van der Waals surface area contributed by atoms with Crippen LogP contribution in [0.15, 0.2) is 36.7 Å². The van der Waals surface area contributed by atoms with Gasteiger partial charge in [-0.05, 0) is 36.9 Å². The Balaban J connectivity index is 1.50. The quantitative estimate of drug-likeness (QED) is 0.811. The minimum atomic E-state index is -0.490. The zero-order valence-electron chi connectivity index (χ0n) is 15.2. The lowest BCUT2D eigenvalue weighted by molar-refractivity contribution is 0.0575. The van der Waals surface area contributed by atoms with E-state index in [4.69, 9.17) is 4.74 Å². The van der Waals surface area contributed by atoms with Crippen molar-refractivity contribution in [3.63, 3.8) is 0 Å². The largest absolute Gasteiger partial charge is 0.491 e. The summed E-state index contributed by atoms with van der Waals surface area (Å²) in [6.07, 6.45) is 5.48. The zero-order chi connectivity index (χ0) is 17.6. The van der Waals surface area contributed by atoms with E-state index in [0.717, 1.165) is 37.5 Å². The molecule has 2 atom stereocenters. The van der Waals surface area contributed by atoms with Crippen molar-refractivity contribution in [3.05, 3.63) is 48.0 Å². The molecule has 1 aliphatic heterocycles. The molecule has 1 fully saturated rings. The van der Waals surface area contributed by atoms with E-state index in [1.54, 1.807) is 0 Å². The summed E-state index contributed by atoms with van der Waals surface area (Å²) in [6.45, 7) is 7.24. The molecule has 0 saturated carbocycles. The van der Waals surface area contributed by atoms with E-state index in [9.17, 15) is 5.11 Å². The first-order valence-electron chi connectivity index (χ1n) is 9.25. The summed E-state index contributed by atoms with van der Waals surface area (Å²) in [5.74, 6) is 2.77. The van der Waals surface area contributed by atoms with Gasteiger partial charge in [0.25, 0.3) is 0 Å². The molecule has 2 aromatic rings. The molecule has 136 valence electrons. The predicted molar refractivity (Wildman–Crippen MR) is 99.0 cm³/mol. The number of para-hydroxylation sites is 1. The smallest absolute Gasteiger partial charge is 0.122 e. The van der Waals surface area contributed by atoms with Crippen LogP contribution in [0.25, 0.3) is 0 Å². The first-order chi connectivity index (χ1) is 12.1. The first-order valence-corrected chi connectivity index (χ1v) is 9.25. The third-order valence-electron chi connectivity index (χ3n) is 4.85. The summed E-state index contributed by atoms with van der Waals surface area (Å²) in [5, 5.41) is 10.4. The average Bonchev–Trinajstić information content (AvgIpc) is 3.15. The van der Waals surface area contributed by atoms with Crippen molar-refractivity contribution in [1.82, 2.24) is 14.9 Å². The number of benzene rings is 1. The lowest BCUT2D eigenvalue weighted by atomic mass is 9.97. The molecule has 5 nitrogen and oxygen atoms in total. The number of aromatic nitrogens is 2. The summed E-state index contributed by atoms with van der Waals surface area (Å²) in [5.41, 5.74) is 1.19. The molecule has 5 heteroatoms. The van der Waals surface area contributed by atoms with Gasteiger partial charge in [-0.2, -0.15) is 0 Å². The molecule has 0 radical (unpaired) electrons. The van der Waals surface area contributed by atoms with Crippen molar-refractivity contribution in [2.24, 2.45) is 0 Å². The molecule has 1 saturated heterocycles. The molecule has 25 heavy (non-hydrogen) atoms. The van der Waals surface area contributed by atoms with Crippen LogP contribution >= 0.6 is 0 Å². The van der Waals surface area contributed by atoms with Gasteiger partial charge >= 0.3 is 0 Å². The van der Waals surface area contributed by atoms with Crippen molar-refractivity contribution in [2.75, 3.05) is 26.2 Å². The SMILES string of the molecule is CC(C)c1ccccc1OCC(O)CN1CCCC(c2ncc[nH]2)C1. The number of aliphatic hydroxyl groups is 1. The number of likely N-dealkylation sites (tertiary alicyclic amines) is 1. The number of rotatable bonds is 7. The Kier molecular flexibility index (Phi) is 6.10. The molecule has 0 amide bonds. The van der Waals surface area contributed by atoms with E-state index in [1.165, 1.54) is 5.56 Å². The van der Waals surface area contributed by atoms with Gasteiger partial charge in [0.15, 0.2) is 0 Å². The van der Waals surface area contributed by atoms with Crippen molar-refractivity contribution in [3.8, 4) is 5.75 Å². The summed E-state index contributed by atoms with van der Waals surface area (Å²) < 4.78 is 5.91. The fraction of sp³-hybridized carbons (Fsp3) is 0.550. The van der Waals surface area contributed by atoms with Crippen LogP contribution in [0.1, 0.15) is 49.9 Å². The van der Waals surface area contributed by atoms with Crippen molar-refractivity contribution in [1.29, 1.82) is 0 Å². The van der Waals surface area contributed by atoms with Gasteiger partial charge in [0.05, 0.1) is 0 Å². The van der Waals surface area contributed by atoms with Gasteiger partial charge in [-0.1, -0.05) is 32.0 Å². The number of aromatic amines is 1. The van der Waals surface area contributed by atoms with Crippen LogP contribution in [0.5, 0.6) is 5.75 Å². The number of hydrogen-bond acceptors (Lipinski definition) is 4.